The minimum Gasteiger partial charge on any atom is -0.497 e. The number of ether oxygens (including phenoxy) is 2. The van der Waals surface area contributed by atoms with Gasteiger partial charge in [0.05, 0.1) is 24.6 Å². The van der Waals surface area contributed by atoms with Crippen LogP contribution in [0.2, 0.25) is 0 Å². The Balaban J connectivity index is 1.95. The minimum absolute atomic E-state index is 0.266. The number of para-hydroxylation sites is 1. The highest BCUT2D eigenvalue weighted by Crippen LogP contribution is 2.34. The molecular formula is C25H25NO4S. The lowest BCUT2D eigenvalue weighted by molar-refractivity contribution is 0.391. The first-order valence-corrected chi connectivity index (χ1v) is 11.4. The Morgan fingerprint density at radius 3 is 2.26 bits per heavy atom. The Kier molecular flexibility index (Phi) is 5.50. The molecule has 1 heterocycles. The first-order chi connectivity index (χ1) is 14.9. The third-order valence-electron chi connectivity index (χ3n) is 5.62. The van der Waals surface area contributed by atoms with Crippen LogP contribution in [0, 0.1) is 13.8 Å². The first-order valence-electron chi connectivity index (χ1n) is 9.99. The van der Waals surface area contributed by atoms with E-state index in [4.69, 9.17) is 9.47 Å². The van der Waals surface area contributed by atoms with E-state index in [1.54, 1.807) is 26.4 Å². The molecule has 0 unspecified atom stereocenters. The molecule has 0 spiro atoms. The molecule has 0 amide bonds. The Bertz CT molecular complexity index is 1350. The molecule has 5 nitrogen and oxygen atoms in total. The van der Waals surface area contributed by atoms with Crippen LogP contribution in [0.5, 0.6) is 11.5 Å². The molecule has 0 aliphatic carbocycles. The zero-order chi connectivity index (χ0) is 22.2. The van der Waals surface area contributed by atoms with Gasteiger partial charge >= 0.3 is 0 Å². The number of fused-ring (bicyclic) bond motifs is 1. The number of hydrogen-bond donors (Lipinski definition) is 0. The molecule has 4 rings (SSSR count). The van der Waals surface area contributed by atoms with Crippen LogP contribution in [0.25, 0.3) is 10.9 Å². The second kappa shape index (κ2) is 8.12. The van der Waals surface area contributed by atoms with Crippen molar-refractivity contribution in [1.29, 1.82) is 0 Å². The topological polar surface area (TPSA) is 57.5 Å². The standard InChI is InChI=1S/C25H25NO4S/c1-17-9-13-21(14-10-17)31(27,28)26-23-8-6-5-7-22(23)18(2)24(26)15-19-11-12-20(29-3)16-25(19)30-4/h5-14,16H,15H2,1-4H3. The van der Waals surface area contributed by atoms with Crippen molar-refractivity contribution in [3.63, 3.8) is 0 Å². The van der Waals surface area contributed by atoms with E-state index in [-0.39, 0.29) is 4.90 Å². The van der Waals surface area contributed by atoms with Gasteiger partial charge in [-0.3, -0.25) is 0 Å². The van der Waals surface area contributed by atoms with Crippen molar-refractivity contribution >= 4 is 20.9 Å². The lowest BCUT2D eigenvalue weighted by Gasteiger charge is -2.15. The number of methoxy groups -OCH3 is 2. The van der Waals surface area contributed by atoms with Crippen LogP contribution in [0.1, 0.15) is 22.4 Å². The van der Waals surface area contributed by atoms with Crippen molar-refractivity contribution in [2.45, 2.75) is 25.2 Å². The zero-order valence-corrected chi connectivity index (χ0v) is 18.9. The molecule has 31 heavy (non-hydrogen) atoms. The third kappa shape index (κ3) is 3.68. The second-order valence-corrected chi connectivity index (χ2v) is 9.31. The summed E-state index contributed by atoms with van der Waals surface area (Å²) in [5.74, 6) is 1.34. The highest BCUT2D eigenvalue weighted by atomic mass is 32.2. The van der Waals surface area contributed by atoms with Crippen LogP contribution >= 0.6 is 0 Å². The summed E-state index contributed by atoms with van der Waals surface area (Å²) < 4.78 is 39.8. The van der Waals surface area contributed by atoms with E-state index in [1.165, 1.54) is 3.97 Å². The van der Waals surface area contributed by atoms with Crippen molar-refractivity contribution in [2.75, 3.05) is 14.2 Å². The van der Waals surface area contributed by atoms with Gasteiger partial charge in [0.2, 0.25) is 0 Å². The second-order valence-electron chi connectivity index (χ2n) is 7.53. The van der Waals surface area contributed by atoms with Gasteiger partial charge in [0.25, 0.3) is 10.0 Å². The molecule has 3 aromatic carbocycles. The van der Waals surface area contributed by atoms with E-state index in [2.05, 4.69) is 0 Å². The van der Waals surface area contributed by atoms with E-state index in [9.17, 15) is 8.42 Å². The Morgan fingerprint density at radius 1 is 0.871 bits per heavy atom. The molecule has 0 radical (unpaired) electrons. The number of nitrogens with zero attached hydrogens (tertiary/aromatic N) is 1. The van der Waals surface area contributed by atoms with Crippen molar-refractivity contribution < 1.29 is 17.9 Å². The Hall–Kier alpha value is -3.25. The highest BCUT2D eigenvalue weighted by Gasteiger charge is 2.26. The Morgan fingerprint density at radius 2 is 1.58 bits per heavy atom. The van der Waals surface area contributed by atoms with Crippen LogP contribution in [0.4, 0.5) is 0 Å². The minimum atomic E-state index is -3.79. The van der Waals surface area contributed by atoms with Crippen LogP contribution in [-0.2, 0) is 16.4 Å². The maximum absolute atomic E-state index is 13.8. The van der Waals surface area contributed by atoms with Gasteiger partial charge in [0, 0.05) is 29.1 Å². The molecular weight excluding hydrogens is 410 g/mol. The normalized spacial score (nSPS) is 11.6. The van der Waals surface area contributed by atoms with E-state index in [0.717, 1.165) is 22.1 Å². The van der Waals surface area contributed by atoms with Crippen LogP contribution in [-0.4, -0.2) is 26.6 Å². The average molecular weight is 436 g/mol. The smallest absolute Gasteiger partial charge is 0.268 e. The van der Waals surface area contributed by atoms with Crippen molar-refractivity contribution in [2.24, 2.45) is 0 Å². The average Bonchev–Trinajstić information content (AvgIpc) is 3.06. The zero-order valence-electron chi connectivity index (χ0n) is 18.0. The molecule has 160 valence electrons. The predicted octanol–water partition coefficient (Wildman–Crippen LogP) is 5.10. The molecule has 0 saturated carbocycles. The summed E-state index contributed by atoms with van der Waals surface area (Å²) in [6, 6.07) is 20.1. The van der Waals surface area contributed by atoms with Gasteiger partial charge in [-0.1, -0.05) is 42.0 Å². The largest absolute Gasteiger partial charge is 0.497 e. The van der Waals surface area contributed by atoms with Crippen LogP contribution in [0.15, 0.2) is 71.6 Å². The summed E-state index contributed by atoms with van der Waals surface area (Å²) in [5.41, 5.74) is 4.21. The number of hydrogen-bond acceptors (Lipinski definition) is 4. The number of rotatable bonds is 6. The van der Waals surface area contributed by atoms with Gasteiger partial charge in [0.15, 0.2) is 0 Å². The molecule has 0 N–H and O–H groups in total. The van der Waals surface area contributed by atoms with Crippen molar-refractivity contribution in [3.05, 3.63) is 89.1 Å². The summed E-state index contributed by atoms with van der Waals surface area (Å²) in [7, 11) is -0.591. The lowest BCUT2D eigenvalue weighted by Crippen LogP contribution is -2.16. The van der Waals surface area contributed by atoms with Gasteiger partial charge < -0.3 is 9.47 Å². The van der Waals surface area contributed by atoms with Gasteiger partial charge in [0.1, 0.15) is 11.5 Å². The van der Waals surface area contributed by atoms with Gasteiger partial charge in [-0.2, -0.15) is 0 Å². The van der Waals surface area contributed by atoms with E-state index >= 15 is 0 Å². The predicted molar refractivity (Wildman–Crippen MR) is 123 cm³/mol. The van der Waals surface area contributed by atoms with Gasteiger partial charge in [-0.15, -0.1) is 0 Å². The fourth-order valence-electron chi connectivity index (χ4n) is 3.89. The van der Waals surface area contributed by atoms with Crippen molar-refractivity contribution in [3.8, 4) is 11.5 Å². The molecule has 1 aromatic heterocycles. The molecule has 0 aliphatic heterocycles. The van der Waals surface area contributed by atoms with Gasteiger partial charge in [-0.05, 0) is 43.7 Å². The lowest BCUT2D eigenvalue weighted by atomic mass is 10.0. The number of benzene rings is 3. The molecule has 0 fully saturated rings. The van der Waals surface area contributed by atoms with Crippen molar-refractivity contribution in [1.82, 2.24) is 3.97 Å². The fourth-order valence-corrected chi connectivity index (χ4v) is 5.49. The molecule has 0 atom stereocenters. The van der Waals surface area contributed by atoms with E-state index in [0.29, 0.717) is 29.1 Å². The number of aromatic nitrogens is 1. The van der Waals surface area contributed by atoms with Gasteiger partial charge in [-0.25, -0.2) is 12.4 Å². The molecule has 0 saturated heterocycles. The summed E-state index contributed by atoms with van der Waals surface area (Å²) >= 11 is 0. The molecule has 6 heteroatoms. The molecule has 0 bridgehead atoms. The van der Waals surface area contributed by atoms with E-state index < -0.39 is 10.0 Å². The Labute approximate surface area is 182 Å². The quantitative estimate of drug-likeness (QED) is 0.423. The highest BCUT2D eigenvalue weighted by molar-refractivity contribution is 7.90. The SMILES string of the molecule is COc1ccc(Cc2c(C)c3ccccc3n2S(=O)(=O)c2ccc(C)cc2)c(OC)c1. The summed E-state index contributed by atoms with van der Waals surface area (Å²) in [5, 5.41) is 0.917. The summed E-state index contributed by atoms with van der Waals surface area (Å²) in [4.78, 5) is 0.266. The molecule has 0 aliphatic rings. The molecule has 4 aromatic rings. The fraction of sp³-hybridized carbons (Fsp3) is 0.200. The van der Waals surface area contributed by atoms with Crippen LogP contribution in [0.3, 0.4) is 0 Å². The third-order valence-corrected chi connectivity index (χ3v) is 7.38. The summed E-state index contributed by atoms with van der Waals surface area (Å²) in [6.07, 6.45) is 0.402. The van der Waals surface area contributed by atoms with E-state index in [1.807, 2.05) is 68.4 Å². The van der Waals surface area contributed by atoms with Crippen LogP contribution < -0.4 is 9.47 Å². The first kappa shape index (κ1) is 21.0. The maximum Gasteiger partial charge on any atom is 0.268 e. The maximum atomic E-state index is 13.8. The summed E-state index contributed by atoms with van der Waals surface area (Å²) in [6.45, 7) is 3.90. The monoisotopic (exact) mass is 435 g/mol. The number of aryl methyl sites for hydroxylation is 2.